The SMILES string of the molecule is O=C1CN(C(=O)CCC(=O)NC(c2ccccc2)c2ccccn2)c2ccccc2N1. The van der Waals surface area contributed by atoms with Gasteiger partial charge in [-0.05, 0) is 29.8 Å². The molecule has 1 unspecified atom stereocenters. The van der Waals surface area contributed by atoms with E-state index in [-0.39, 0.29) is 37.1 Å². The Morgan fingerprint density at radius 2 is 1.71 bits per heavy atom. The first-order valence-electron chi connectivity index (χ1n) is 10.1. The van der Waals surface area contributed by atoms with Gasteiger partial charge in [-0.15, -0.1) is 0 Å². The van der Waals surface area contributed by atoms with Crippen LogP contribution in [0.1, 0.15) is 30.1 Å². The van der Waals surface area contributed by atoms with E-state index in [4.69, 9.17) is 0 Å². The van der Waals surface area contributed by atoms with Crippen LogP contribution in [0.25, 0.3) is 0 Å². The predicted octanol–water partition coefficient (Wildman–Crippen LogP) is 3.05. The second kappa shape index (κ2) is 9.21. The molecule has 0 radical (unpaired) electrons. The van der Waals surface area contributed by atoms with Crippen LogP contribution in [0, 0.1) is 0 Å². The zero-order valence-corrected chi connectivity index (χ0v) is 16.8. The summed E-state index contributed by atoms with van der Waals surface area (Å²) in [5.41, 5.74) is 2.86. The minimum atomic E-state index is -0.411. The maximum Gasteiger partial charge on any atom is 0.244 e. The van der Waals surface area contributed by atoms with Gasteiger partial charge >= 0.3 is 0 Å². The molecule has 0 spiro atoms. The first-order chi connectivity index (χ1) is 15.1. The molecule has 2 N–H and O–H groups in total. The zero-order valence-electron chi connectivity index (χ0n) is 16.8. The summed E-state index contributed by atoms with van der Waals surface area (Å²) in [5, 5.41) is 5.74. The molecule has 1 aliphatic heterocycles. The van der Waals surface area contributed by atoms with Crippen molar-refractivity contribution in [3.05, 3.63) is 90.3 Å². The summed E-state index contributed by atoms with van der Waals surface area (Å²) < 4.78 is 0. The number of benzene rings is 2. The highest BCUT2D eigenvalue weighted by atomic mass is 16.2. The Morgan fingerprint density at radius 1 is 0.968 bits per heavy atom. The van der Waals surface area contributed by atoms with Gasteiger partial charge in [-0.25, -0.2) is 0 Å². The number of carbonyl (C=O) groups excluding carboxylic acids is 3. The summed E-state index contributed by atoms with van der Waals surface area (Å²) in [6, 6.07) is 21.8. The van der Waals surface area contributed by atoms with E-state index < -0.39 is 6.04 Å². The molecule has 1 aromatic heterocycles. The Labute approximate surface area is 180 Å². The fraction of sp³-hybridized carbons (Fsp3) is 0.167. The number of nitrogens with one attached hydrogen (secondary N) is 2. The van der Waals surface area contributed by atoms with Crippen LogP contribution in [-0.2, 0) is 14.4 Å². The van der Waals surface area contributed by atoms with Gasteiger partial charge in [0.15, 0.2) is 0 Å². The summed E-state index contributed by atoms with van der Waals surface area (Å²) in [5.74, 6) is -0.787. The van der Waals surface area contributed by atoms with Crippen molar-refractivity contribution in [3.63, 3.8) is 0 Å². The molecule has 0 bridgehead atoms. The summed E-state index contributed by atoms with van der Waals surface area (Å²) >= 11 is 0. The number of para-hydroxylation sites is 2. The molecular formula is C24H22N4O3. The lowest BCUT2D eigenvalue weighted by Gasteiger charge is -2.29. The van der Waals surface area contributed by atoms with E-state index in [1.54, 1.807) is 30.5 Å². The molecule has 2 heterocycles. The number of aromatic nitrogens is 1. The van der Waals surface area contributed by atoms with E-state index in [1.165, 1.54) is 4.90 Å². The number of fused-ring (bicyclic) bond motifs is 1. The van der Waals surface area contributed by atoms with Crippen LogP contribution in [-0.4, -0.2) is 29.3 Å². The van der Waals surface area contributed by atoms with Crippen LogP contribution in [0.3, 0.4) is 0 Å². The van der Waals surface area contributed by atoms with Gasteiger partial charge in [0.1, 0.15) is 6.54 Å². The van der Waals surface area contributed by atoms with Crippen LogP contribution >= 0.6 is 0 Å². The van der Waals surface area contributed by atoms with Crippen LogP contribution in [0.5, 0.6) is 0 Å². The fourth-order valence-electron chi connectivity index (χ4n) is 3.56. The highest BCUT2D eigenvalue weighted by Crippen LogP contribution is 2.29. The highest BCUT2D eigenvalue weighted by molar-refractivity contribution is 6.10. The van der Waals surface area contributed by atoms with Gasteiger partial charge in [-0.1, -0.05) is 48.5 Å². The lowest BCUT2D eigenvalue weighted by atomic mass is 10.0. The molecule has 0 fully saturated rings. The molecule has 1 atom stereocenters. The lowest BCUT2D eigenvalue weighted by molar-refractivity contribution is -0.126. The summed E-state index contributed by atoms with van der Waals surface area (Å²) in [6.45, 7) is -0.0575. The summed E-state index contributed by atoms with van der Waals surface area (Å²) in [7, 11) is 0. The van der Waals surface area contributed by atoms with Gasteiger partial charge in [0.05, 0.1) is 23.1 Å². The maximum atomic E-state index is 12.8. The number of hydrogen-bond donors (Lipinski definition) is 2. The van der Waals surface area contributed by atoms with E-state index in [1.807, 2.05) is 48.5 Å². The largest absolute Gasteiger partial charge is 0.344 e. The van der Waals surface area contributed by atoms with Crippen molar-refractivity contribution in [1.29, 1.82) is 0 Å². The normalized spacial score (nSPS) is 13.7. The Kier molecular flexibility index (Phi) is 6.03. The molecule has 31 heavy (non-hydrogen) atoms. The Morgan fingerprint density at radius 3 is 2.48 bits per heavy atom. The van der Waals surface area contributed by atoms with Crippen LogP contribution < -0.4 is 15.5 Å². The maximum absolute atomic E-state index is 12.8. The van der Waals surface area contributed by atoms with Gasteiger partial charge in [-0.3, -0.25) is 19.4 Å². The van der Waals surface area contributed by atoms with Gasteiger partial charge in [0, 0.05) is 19.0 Å². The molecule has 1 aliphatic rings. The number of rotatable bonds is 6. The van der Waals surface area contributed by atoms with Gasteiger partial charge in [0.25, 0.3) is 0 Å². The average Bonchev–Trinajstić information content (AvgIpc) is 2.81. The van der Waals surface area contributed by atoms with Gasteiger partial charge < -0.3 is 15.5 Å². The standard InChI is InChI=1S/C24H22N4O3/c29-21(27-24(17-8-2-1-3-9-17)19-11-6-7-15-25-19)13-14-23(31)28-16-22(30)26-18-10-4-5-12-20(18)28/h1-12,15,24H,13-14,16H2,(H,26,30)(H,27,29). The number of pyridine rings is 1. The third-order valence-electron chi connectivity index (χ3n) is 5.06. The molecule has 2 aromatic carbocycles. The van der Waals surface area contributed by atoms with E-state index >= 15 is 0 Å². The molecule has 0 saturated heterocycles. The van der Waals surface area contributed by atoms with Crippen LogP contribution in [0.15, 0.2) is 79.0 Å². The molecule has 156 valence electrons. The van der Waals surface area contributed by atoms with Crippen molar-refractivity contribution < 1.29 is 14.4 Å². The smallest absolute Gasteiger partial charge is 0.244 e. The molecule has 4 rings (SSSR count). The monoisotopic (exact) mass is 414 g/mol. The Bertz CT molecular complexity index is 1050. The number of nitrogens with zero attached hydrogens (tertiary/aromatic N) is 2. The number of hydrogen-bond acceptors (Lipinski definition) is 4. The summed E-state index contributed by atoms with van der Waals surface area (Å²) in [6.07, 6.45) is 1.69. The molecule has 0 aliphatic carbocycles. The minimum absolute atomic E-state index is 0.00280. The van der Waals surface area contributed by atoms with E-state index in [0.717, 1.165) is 11.3 Å². The van der Waals surface area contributed by atoms with Gasteiger partial charge in [-0.2, -0.15) is 0 Å². The molecular weight excluding hydrogens is 392 g/mol. The first kappa shape index (κ1) is 20.3. The highest BCUT2D eigenvalue weighted by Gasteiger charge is 2.27. The topological polar surface area (TPSA) is 91.4 Å². The van der Waals surface area contributed by atoms with Crippen molar-refractivity contribution in [1.82, 2.24) is 10.3 Å². The van der Waals surface area contributed by atoms with Crippen molar-refractivity contribution in [2.45, 2.75) is 18.9 Å². The Hall–Kier alpha value is -4.00. The quantitative estimate of drug-likeness (QED) is 0.649. The second-order valence-electron chi connectivity index (χ2n) is 7.21. The first-order valence-corrected chi connectivity index (χ1v) is 10.1. The number of anilines is 2. The second-order valence-corrected chi connectivity index (χ2v) is 7.21. The van der Waals surface area contributed by atoms with Crippen LogP contribution in [0.2, 0.25) is 0 Å². The fourth-order valence-corrected chi connectivity index (χ4v) is 3.56. The van der Waals surface area contributed by atoms with E-state index in [9.17, 15) is 14.4 Å². The van der Waals surface area contributed by atoms with E-state index in [2.05, 4.69) is 15.6 Å². The number of amides is 3. The third kappa shape index (κ3) is 4.78. The summed E-state index contributed by atoms with van der Waals surface area (Å²) in [4.78, 5) is 43.2. The van der Waals surface area contributed by atoms with Crippen molar-refractivity contribution in [2.75, 3.05) is 16.8 Å². The molecule has 7 nitrogen and oxygen atoms in total. The van der Waals surface area contributed by atoms with Crippen molar-refractivity contribution in [2.24, 2.45) is 0 Å². The van der Waals surface area contributed by atoms with E-state index in [0.29, 0.717) is 11.4 Å². The van der Waals surface area contributed by atoms with Gasteiger partial charge in [0.2, 0.25) is 17.7 Å². The third-order valence-corrected chi connectivity index (χ3v) is 5.06. The van der Waals surface area contributed by atoms with Crippen molar-refractivity contribution >= 4 is 29.1 Å². The molecule has 0 saturated carbocycles. The Balaban J connectivity index is 1.43. The number of carbonyl (C=O) groups is 3. The molecule has 3 amide bonds. The predicted molar refractivity (Wildman–Crippen MR) is 117 cm³/mol. The molecule has 3 aromatic rings. The zero-order chi connectivity index (χ0) is 21.6. The average molecular weight is 414 g/mol. The van der Waals surface area contributed by atoms with Crippen molar-refractivity contribution in [3.8, 4) is 0 Å². The minimum Gasteiger partial charge on any atom is -0.344 e. The molecule has 7 heteroatoms. The van der Waals surface area contributed by atoms with Crippen LogP contribution in [0.4, 0.5) is 11.4 Å². The lowest BCUT2D eigenvalue weighted by Crippen LogP contribution is -2.42.